The standard InChI is InChI=1S/C34H34O2/c1-22-17-18-24(19-23(22)2)30-28-20-27(33(3,4)25-13-9-7-10-14-25)21-29(31(28)36-32(30)35)34(5,6)26-15-11-8-12-16-26/h7-21,30H,1-6H3. The Hall–Kier alpha value is -3.65. The van der Waals surface area contributed by atoms with Gasteiger partial charge in [-0.1, -0.05) is 113 Å². The highest BCUT2D eigenvalue weighted by atomic mass is 16.5. The van der Waals surface area contributed by atoms with Crippen molar-refractivity contribution >= 4 is 5.97 Å². The monoisotopic (exact) mass is 474 g/mol. The second-order valence-electron chi connectivity index (χ2n) is 11.1. The molecule has 1 atom stereocenters. The molecule has 182 valence electrons. The van der Waals surface area contributed by atoms with Crippen LogP contribution in [0.4, 0.5) is 0 Å². The minimum Gasteiger partial charge on any atom is -0.425 e. The van der Waals surface area contributed by atoms with Crippen LogP contribution in [0.3, 0.4) is 0 Å². The van der Waals surface area contributed by atoms with Crippen LogP contribution in [-0.2, 0) is 15.6 Å². The molecule has 0 radical (unpaired) electrons. The van der Waals surface area contributed by atoms with E-state index in [2.05, 4.69) is 126 Å². The SMILES string of the molecule is Cc1ccc(C2C(=O)Oc3c2cc(C(C)(C)c2ccccc2)cc3C(C)(C)c2ccccc2)cc1C. The lowest BCUT2D eigenvalue weighted by Crippen LogP contribution is -2.24. The zero-order valence-electron chi connectivity index (χ0n) is 22.1. The topological polar surface area (TPSA) is 26.3 Å². The molecule has 0 aliphatic carbocycles. The highest BCUT2D eigenvalue weighted by Gasteiger charge is 2.41. The highest BCUT2D eigenvalue weighted by Crippen LogP contribution is 2.49. The van der Waals surface area contributed by atoms with Crippen LogP contribution in [0.1, 0.15) is 78.1 Å². The molecule has 0 aromatic heterocycles. The van der Waals surface area contributed by atoms with E-state index in [9.17, 15) is 4.79 Å². The third kappa shape index (κ3) is 3.95. The smallest absolute Gasteiger partial charge is 0.323 e. The maximum Gasteiger partial charge on any atom is 0.323 e. The summed E-state index contributed by atoms with van der Waals surface area (Å²) in [4.78, 5) is 13.5. The number of hydrogen-bond acceptors (Lipinski definition) is 2. The van der Waals surface area contributed by atoms with E-state index in [-0.39, 0.29) is 16.8 Å². The Labute approximate surface area is 215 Å². The Morgan fingerprint density at radius 1 is 0.639 bits per heavy atom. The fourth-order valence-corrected chi connectivity index (χ4v) is 5.38. The van der Waals surface area contributed by atoms with Crippen molar-refractivity contribution in [3.63, 3.8) is 0 Å². The first-order valence-corrected chi connectivity index (χ1v) is 12.7. The van der Waals surface area contributed by atoms with E-state index < -0.39 is 5.92 Å². The Morgan fingerprint density at radius 2 is 1.22 bits per heavy atom. The first-order valence-electron chi connectivity index (χ1n) is 12.7. The van der Waals surface area contributed by atoms with Gasteiger partial charge in [0.15, 0.2) is 0 Å². The van der Waals surface area contributed by atoms with E-state index in [4.69, 9.17) is 4.74 Å². The third-order valence-electron chi connectivity index (χ3n) is 8.12. The van der Waals surface area contributed by atoms with Gasteiger partial charge in [0.05, 0.1) is 0 Å². The van der Waals surface area contributed by atoms with Crippen LogP contribution in [-0.4, -0.2) is 5.97 Å². The molecule has 5 rings (SSSR count). The summed E-state index contributed by atoms with van der Waals surface area (Å²) in [6.45, 7) is 13.1. The molecule has 1 aliphatic rings. The number of carbonyl (C=O) groups excluding carboxylic acids is 1. The van der Waals surface area contributed by atoms with E-state index >= 15 is 0 Å². The number of hydrogen-bond donors (Lipinski definition) is 0. The van der Waals surface area contributed by atoms with E-state index in [1.165, 1.54) is 27.8 Å². The molecule has 0 bridgehead atoms. The van der Waals surface area contributed by atoms with Crippen LogP contribution in [0.2, 0.25) is 0 Å². The Morgan fingerprint density at radius 3 is 1.81 bits per heavy atom. The molecule has 2 nitrogen and oxygen atoms in total. The highest BCUT2D eigenvalue weighted by molar-refractivity contribution is 5.90. The maximum absolute atomic E-state index is 13.5. The molecule has 1 heterocycles. The molecule has 0 saturated heterocycles. The predicted octanol–water partition coefficient (Wildman–Crippen LogP) is 8.01. The van der Waals surface area contributed by atoms with Gasteiger partial charge >= 0.3 is 5.97 Å². The summed E-state index contributed by atoms with van der Waals surface area (Å²) >= 11 is 0. The summed E-state index contributed by atoms with van der Waals surface area (Å²) in [6, 6.07) is 31.8. The number of rotatable bonds is 5. The average Bonchev–Trinajstić information content (AvgIpc) is 3.21. The van der Waals surface area contributed by atoms with Crippen molar-refractivity contribution in [2.75, 3.05) is 0 Å². The fourth-order valence-electron chi connectivity index (χ4n) is 5.38. The summed E-state index contributed by atoms with van der Waals surface area (Å²) in [5.74, 6) is 0.0777. The minimum atomic E-state index is -0.434. The number of esters is 1. The van der Waals surface area contributed by atoms with Crippen LogP contribution in [0.25, 0.3) is 0 Å². The third-order valence-corrected chi connectivity index (χ3v) is 8.12. The maximum atomic E-state index is 13.5. The summed E-state index contributed by atoms with van der Waals surface area (Å²) in [5, 5.41) is 0. The van der Waals surface area contributed by atoms with Gasteiger partial charge in [-0.15, -0.1) is 0 Å². The number of carbonyl (C=O) groups is 1. The second-order valence-corrected chi connectivity index (χ2v) is 11.1. The van der Waals surface area contributed by atoms with Crippen molar-refractivity contribution in [3.8, 4) is 5.75 Å². The van der Waals surface area contributed by atoms with Gasteiger partial charge in [0.2, 0.25) is 0 Å². The molecule has 2 heteroatoms. The largest absolute Gasteiger partial charge is 0.425 e. The predicted molar refractivity (Wildman–Crippen MR) is 147 cm³/mol. The molecule has 0 spiro atoms. The molecule has 1 aliphatic heterocycles. The zero-order valence-corrected chi connectivity index (χ0v) is 22.1. The normalized spacial score (nSPS) is 15.5. The minimum absolute atomic E-state index is 0.201. The molecule has 0 saturated carbocycles. The van der Waals surface area contributed by atoms with Gasteiger partial charge in [0, 0.05) is 22.0 Å². The van der Waals surface area contributed by atoms with Crippen molar-refractivity contribution in [3.05, 3.63) is 136 Å². The Bertz CT molecular complexity index is 1430. The van der Waals surface area contributed by atoms with Crippen LogP contribution >= 0.6 is 0 Å². The number of aryl methyl sites for hydroxylation is 2. The molecular formula is C34H34O2. The van der Waals surface area contributed by atoms with Gasteiger partial charge in [-0.25, -0.2) is 0 Å². The van der Waals surface area contributed by atoms with E-state index in [1.54, 1.807) is 0 Å². The first kappa shape index (κ1) is 24.1. The summed E-state index contributed by atoms with van der Waals surface area (Å²) in [6.07, 6.45) is 0. The summed E-state index contributed by atoms with van der Waals surface area (Å²) in [5.41, 5.74) is 8.39. The Balaban J connectivity index is 1.77. The van der Waals surface area contributed by atoms with Crippen LogP contribution < -0.4 is 4.74 Å². The van der Waals surface area contributed by atoms with Crippen molar-refractivity contribution in [2.24, 2.45) is 0 Å². The van der Waals surface area contributed by atoms with Gasteiger partial charge in [-0.05, 0) is 53.3 Å². The lowest BCUT2D eigenvalue weighted by atomic mass is 9.71. The molecule has 4 aromatic rings. The second kappa shape index (κ2) is 8.78. The van der Waals surface area contributed by atoms with Gasteiger partial charge in [0.1, 0.15) is 11.7 Å². The van der Waals surface area contributed by atoms with Gasteiger partial charge in [0.25, 0.3) is 0 Å². The van der Waals surface area contributed by atoms with Crippen LogP contribution in [0.5, 0.6) is 5.75 Å². The average molecular weight is 475 g/mol. The molecule has 0 N–H and O–H groups in total. The number of ether oxygens (including phenoxy) is 1. The molecule has 36 heavy (non-hydrogen) atoms. The van der Waals surface area contributed by atoms with Gasteiger partial charge in [-0.3, -0.25) is 4.79 Å². The lowest BCUT2D eigenvalue weighted by molar-refractivity contribution is -0.133. The van der Waals surface area contributed by atoms with Crippen molar-refractivity contribution in [2.45, 2.75) is 58.3 Å². The van der Waals surface area contributed by atoms with Crippen molar-refractivity contribution in [1.29, 1.82) is 0 Å². The van der Waals surface area contributed by atoms with Crippen molar-refractivity contribution < 1.29 is 9.53 Å². The first-order chi connectivity index (χ1) is 17.1. The number of benzene rings is 4. The molecular weight excluding hydrogens is 440 g/mol. The van der Waals surface area contributed by atoms with E-state index in [1.807, 2.05) is 6.07 Å². The van der Waals surface area contributed by atoms with E-state index in [0.717, 1.165) is 16.7 Å². The van der Waals surface area contributed by atoms with Crippen LogP contribution in [0.15, 0.2) is 91.0 Å². The number of fused-ring (bicyclic) bond motifs is 1. The van der Waals surface area contributed by atoms with E-state index in [0.29, 0.717) is 5.75 Å². The van der Waals surface area contributed by atoms with Crippen LogP contribution in [0, 0.1) is 13.8 Å². The molecule has 4 aromatic carbocycles. The molecule has 0 fully saturated rings. The Kier molecular flexibility index (Phi) is 5.87. The quantitative estimate of drug-likeness (QED) is 0.216. The fraction of sp³-hybridized carbons (Fsp3) is 0.265. The molecule has 0 amide bonds. The van der Waals surface area contributed by atoms with Gasteiger partial charge < -0.3 is 4.74 Å². The zero-order chi connectivity index (χ0) is 25.7. The molecule has 1 unspecified atom stereocenters. The van der Waals surface area contributed by atoms with Crippen molar-refractivity contribution in [1.82, 2.24) is 0 Å². The lowest BCUT2D eigenvalue weighted by Gasteiger charge is -2.32. The summed E-state index contributed by atoms with van der Waals surface area (Å²) < 4.78 is 6.12. The summed E-state index contributed by atoms with van der Waals surface area (Å²) in [7, 11) is 0. The van der Waals surface area contributed by atoms with Gasteiger partial charge in [-0.2, -0.15) is 0 Å².